The lowest BCUT2D eigenvalue weighted by Crippen LogP contribution is -2.45. The fourth-order valence-electron chi connectivity index (χ4n) is 2.99. The Morgan fingerprint density at radius 3 is 2.71 bits per heavy atom. The first-order chi connectivity index (χ1) is 12.7. The summed E-state index contributed by atoms with van der Waals surface area (Å²) in [5.74, 6) is 1.12. The molecule has 2 rings (SSSR count). The Balaban J connectivity index is 0.00000392. The quantitative estimate of drug-likeness (QED) is 0.342. The lowest BCUT2D eigenvalue weighted by molar-refractivity contribution is -0.133. The molecule has 0 aromatic carbocycles. The Bertz CT molecular complexity index is 653. The number of thiazole rings is 1. The second kappa shape index (κ2) is 11.3. The van der Waals surface area contributed by atoms with E-state index in [4.69, 9.17) is 9.98 Å². The van der Waals surface area contributed by atoms with Crippen molar-refractivity contribution < 1.29 is 4.79 Å². The second-order valence-corrected chi connectivity index (χ2v) is 9.40. The molecule has 1 aliphatic rings. The zero-order valence-electron chi connectivity index (χ0n) is 18.0. The van der Waals surface area contributed by atoms with Crippen molar-refractivity contribution in [3.8, 4) is 0 Å². The lowest BCUT2D eigenvalue weighted by Gasteiger charge is -2.20. The van der Waals surface area contributed by atoms with E-state index in [2.05, 4.69) is 43.7 Å². The van der Waals surface area contributed by atoms with E-state index in [9.17, 15) is 4.79 Å². The molecular weight excluding hydrogens is 485 g/mol. The van der Waals surface area contributed by atoms with Gasteiger partial charge in [-0.3, -0.25) is 9.79 Å². The Morgan fingerprint density at radius 2 is 2.14 bits per heavy atom. The second-order valence-electron chi connectivity index (χ2n) is 8.46. The van der Waals surface area contributed by atoms with E-state index in [0.717, 1.165) is 49.1 Å². The molecule has 1 fully saturated rings. The summed E-state index contributed by atoms with van der Waals surface area (Å²) in [4.78, 5) is 23.5. The summed E-state index contributed by atoms with van der Waals surface area (Å²) in [7, 11) is 0. The molecule has 8 heteroatoms. The van der Waals surface area contributed by atoms with E-state index in [1.807, 2.05) is 18.7 Å². The lowest BCUT2D eigenvalue weighted by atomic mass is 9.93. The van der Waals surface area contributed by atoms with Gasteiger partial charge in [0, 0.05) is 55.4 Å². The molecule has 6 nitrogen and oxygen atoms in total. The van der Waals surface area contributed by atoms with Gasteiger partial charge in [-0.1, -0.05) is 34.6 Å². The van der Waals surface area contributed by atoms with Gasteiger partial charge in [0.25, 0.3) is 0 Å². The van der Waals surface area contributed by atoms with Gasteiger partial charge < -0.3 is 15.5 Å². The van der Waals surface area contributed by atoms with Gasteiger partial charge in [-0.05, 0) is 13.3 Å². The Hall–Kier alpha value is -0.900. The number of carbonyl (C=O) groups excluding carboxylic acids is 1. The minimum Gasteiger partial charge on any atom is -0.357 e. The van der Waals surface area contributed by atoms with Gasteiger partial charge in [-0.25, -0.2) is 4.98 Å². The van der Waals surface area contributed by atoms with Crippen molar-refractivity contribution in [2.75, 3.05) is 26.2 Å². The molecule has 1 amide bonds. The van der Waals surface area contributed by atoms with Gasteiger partial charge in [0.1, 0.15) is 0 Å². The third-order valence-corrected chi connectivity index (χ3v) is 5.50. The first-order valence-electron chi connectivity index (χ1n) is 9.99. The van der Waals surface area contributed by atoms with Crippen LogP contribution in [0.5, 0.6) is 0 Å². The predicted molar refractivity (Wildman–Crippen MR) is 129 cm³/mol. The average molecular weight is 522 g/mol. The highest BCUT2D eigenvalue weighted by Gasteiger charge is 2.28. The molecule has 160 valence electrons. The van der Waals surface area contributed by atoms with Crippen LogP contribution in [0.2, 0.25) is 0 Å². The number of aliphatic imine (C=N–C) groups is 1. The van der Waals surface area contributed by atoms with Crippen molar-refractivity contribution in [1.82, 2.24) is 20.5 Å². The number of guanidine groups is 1. The van der Waals surface area contributed by atoms with Crippen molar-refractivity contribution in [2.45, 2.75) is 65.8 Å². The molecule has 0 radical (unpaired) electrons. The number of likely N-dealkylation sites (tertiary alicyclic amines) is 1. The first-order valence-corrected chi connectivity index (χ1v) is 10.9. The van der Waals surface area contributed by atoms with E-state index in [-0.39, 0.29) is 47.3 Å². The van der Waals surface area contributed by atoms with Gasteiger partial charge in [-0.2, -0.15) is 0 Å². The van der Waals surface area contributed by atoms with Crippen LogP contribution in [0, 0.1) is 5.92 Å². The zero-order chi connectivity index (χ0) is 20.0. The Morgan fingerprint density at radius 1 is 1.43 bits per heavy atom. The molecule has 1 unspecified atom stereocenters. The average Bonchev–Trinajstić information content (AvgIpc) is 3.23. The predicted octanol–water partition coefficient (Wildman–Crippen LogP) is 3.41. The number of carbonyl (C=O) groups is 1. The Kier molecular flexibility index (Phi) is 10.2. The van der Waals surface area contributed by atoms with Crippen LogP contribution in [0.3, 0.4) is 0 Å². The summed E-state index contributed by atoms with van der Waals surface area (Å²) >= 11 is 1.72. The first kappa shape index (κ1) is 25.1. The van der Waals surface area contributed by atoms with Gasteiger partial charge in [0.05, 0.1) is 10.7 Å². The fourth-order valence-corrected chi connectivity index (χ4v) is 4.00. The standard InChI is InChI=1S/C20H35N5OS.HI/c1-7-21-19(23-15-9-11-25(12-15)18(26)14(2)3)22-10-8-17-24-16(13-27-17)20(4,5)6;/h13-15H,7-12H2,1-6H3,(H2,21,22,23);1H. The Labute approximate surface area is 191 Å². The summed E-state index contributed by atoms with van der Waals surface area (Å²) in [5.41, 5.74) is 1.24. The van der Waals surface area contributed by atoms with Crippen molar-refractivity contribution >= 4 is 47.2 Å². The molecule has 0 aliphatic carbocycles. The number of nitrogens with zero attached hydrogens (tertiary/aromatic N) is 3. The van der Waals surface area contributed by atoms with Gasteiger partial charge in [0.15, 0.2) is 5.96 Å². The maximum Gasteiger partial charge on any atom is 0.225 e. The normalized spacial score (nSPS) is 17.6. The van der Waals surface area contributed by atoms with Gasteiger partial charge >= 0.3 is 0 Å². The largest absolute Gasteiger partial charge is 0.357 e. The van der Waals surface area contributed by atoms with Crippen LogP contribution in [0.4, 0.5) is 0 Å². The maximum atomic E-state index is 12.2. The monoisotopic (exact) mass is 521 g/mol. The molecule has 1 aromatic rings. The molecule has 0 bridgehead atoms. The molecule has 0 spiro atoms. The molecule has 1 atom stereocenters. The number of halogens is 1. The van der Waals surface area contributed by atoms with Crippen molar-refractivity contribution in [1.29, 1.82) is 0 Å². The minimum atomic E-state index is 0. The van der Waals surface area contributed by atoms with Crippen LogP contribution < -0.4 is 10.6 Å². The highest BCUT2D eigenvalue weighted by atomic mass is 127. The van der Waals surface area contributed by atoms with Crippen LogP contribution in [0.1, 0.15) is 58.7 Å². The summed E-state index contributed by atoms with van der Waals surface area (Å²) in [6.07, 6.45) is 1.81. The van der Waals surface area contributed by atoms with Crippen molar-refractivity contribution in [3.05, 3.63) is 16.1 Å². The third-order valence-electron chi connectivity index (χ3n) is 4.59. The maximum absolute atomic E-state index is 12.2. The van der Waals surface area contributed by atoms with Crippen molar-refractivity contribution in [2.24, 2.45) is 10.9 Å². The van der Waals surface area contributed by atoms with E-state index in [1.165, 1.54) is 0 Å². The number of rotatable bonds is 6. The fraction of sp³-hybridized carbons (Fsp3) is 0.750. The molecule has 1 aliphatic heterocycles. The van der Waals surface area contributed by atoms with E-state index >= 15 is 0 Å². The molecular formula is C20H36IN5OS. The number of amides is 1. The smallest absolute Gasteiger partial charge is 0.225 e. The van der Waals surface area contributed by atoms with E-state index in [0.29, 0.717) is 6.54 Å². The molecule has 2 heterocycles. The van der Waals surface area contributed by atoms with E-state index in [1.54, 1.807) is 11.3 Å². The topological polar surface area (TPSA) is 69.6 Å². The number of nitrogens with one attached hydrogen (secondary N) is 2. The van der Waals surface area contributed by atoms with Crippen LogP contribution >= 0.6 is 35.3 Å². The molecule has 28 heavy (non-hydrogen) atoms. The SMILES string of the molecule is CCNC(=NCCc1nc(C(C)(C)C)cs1)NC1CCN(C(=O)C(C)C)C1.I. The highest BCUT2D eigenvalue weighted by molar-refractivity contribution is 14.0. The van der Waals surface area contributed by atoms with Crippen LogP contribution in [0.15, 0.2) is 10.4 Å². The third kappa shape index (κ3) is 7.50. The number of aromatic nitrogens is 1. The van der Waals surface area contributed by atoms with Gasteiger partial charge in [0.2, 0.25) is 5.91 Å². The summed E-state index contributed by atoms with van der Waals surface area (Å²) in [6, 6.07) is 0.262. The summed E-state index contributed by atoms with van der Waals surface area (Å²) in [5, 5.41) is 10.1. The zero-order valence-corrected chi connectivity index (χ0v) is 21.2. The van der Waals surface area contributed by atoms with Gasteiger partial charge in [-0.15, -0.1) is 35.3 Å². The van der Waals surface area contributed by atoms with Crippen LogP contribution in [-0.2, 0) is 16.6 Å². The van der Waals surface area contributed by atoms with Crippen LogP contribution in [0.25, 0.3) is 0 Å². The molecule has 1 aromatic heterocycles. The van der Waals surface area contributed by atoms with Crippen LogP contribution in [-0.4, -0.2) is 54.0 Å². The van der Waals surface area contributed by atoms with E-state index < -0.39 is 0 Å². The summed E-state index contributed by atoms with van der Waals surface area (Å²) < 4.78 is 0. The van der Waals surface area contributed by atoms with Crippen molar-refractivity contribution in [3.63, 3.8) is 0 Å². The number of hydrogen-bond acceptors (Lipinski definition) is 4. The summed E-state index contributed by atoms with van der Waals surface area (Å²) in [6.45, 7) is 15.6. The highest BCUT2D eigenvalue weighted by Crippen LogP contribution is 2.24. The number of hydrogen-bond donors (Lipinski definition) is 2. The molecule has 2 N–H and O–H groups in total. The molecule has 0 saturated carbocycles. The minimum absolute atomic E-state index is 0. The molecule has 1 saturated heterocycles.